The van der Waals surface area contributed by atoms with Crippen molar-refractivity contribution >= 4 is 17.4 Å². The van der Waals surface area contributed by atoms with Gasteiger partial charge in [0.15, 0.2) is 0 Å². The lowest BCUT2D eigenvalue weighted by Gasteiger charge is -2.29. The third kappa shape index (κ3) is 4.84. The minimum absolute atomic E-state index is 0.0479. The molecule has 1 N–H and O–H groups in total. The number of halogens is 1. The number of aryl methyl sites for hydroxylation is 2. The summed E-state index contributed by atoms with van der Waals surface area (Å²) in [6.07, 6.45) is 0.675. The van der Waals surface area contributed by atoms with E-state index in [2.05, 4.69) is 4.90 Å². The number of likely N-dealkylation sites (tertiary alicyclic amines) is 1. The summed E-state index contributed by atoms with van der Waals surface area (Å²) in [4.78, 5) is 30.0. The summed E-state index contributed by atoms with van der Waals surface area (Å²) < 4.78 is 19.0. The van der Waals surface area contributed by atoms with Crippen molar-refractivity contribution in [3.05, 3.63) is 76.1 Å². The number of ether oxygens (including phenoxy) is 1. The van der Waals surface area contributed by atoms with Gasteiger partial charge in [-0.3, -0.25) is 14.5 Å². The molecule has 2 aromatic carbocycles. The van der Waals surface area contributed by atoms with Gasteiger partial charge in [-0.25, -0.2) is 4.39 Å². The Hall–Kier alpha value is -3.03. The summed E-state index contributed by atoms with van der Waals surface area (Å²) in [5, 5.41) is 11.2. The van der Waals surface area contributed by atoms with Crippen molar-refractivity contribution in [1.82, 2.24) is 9.80 Å². The fraction of sp³-hybridized carbons (Fsp3) is 0.385. The monoisotopic (exact) mass is 452 g/mol. The Bertz CT molecular complexity index is 1070. The summed E-state index contributed by atoms with van der Waals surface area (Å²) in [6.45, 7) is 7.94. The highest BCUT2D eigenvalue weighted by Crippen LogP contribution is 2.40. The Labute approximate surface area is 193 Å². The molecule has 2 aromatic rings. The van der Waals surface area contributed by atoms with Crippen LogP contribution in [0.2, 0.25) is 0 Å². The second kappa shape index (κ2) is 9.85. The molecular weight excluding hydrogens is 423 g/mol. The Morgan fingerprint density at radius 2 is 1.76 bits per heavy atom. The lowest BCUT2D eigenvalue weighted by Crippen LogP contribution is -2.38. The van der Waals surface area contributed by atoms with E-state index in [-0.39, 0.29) is 11.3 Å². The SMILES string of the molecule is Cc1ccc(C)c(C(O)=C2C(=O)C(=O)N(CCCN3CCOCC3)[C@H]2c2ccc(F)cc2)c1. The third-order valence-corrected chi connectivity index (χ3v) is 6.35. The van der Waals surface area contributed by atoms with Gasteiger partial charge in [0.2, 0.25) is 0 Å². The van der Waals surface area contributed by atoms with Gasteiger partial charge in [0.05, 0.1) is 24.8 Å². The van der Waals surface area contributed by atoms with E-state index in [1.807, 2.05) is 26.0 Å². The van der Waals surface area contributed by atoms with Gasteiger partial charge in [-0.15, -0.1) is 0 Å². The number of amides is 1. The standard InChI is InChI=1S/C26H29FN2O4/c1-17-4-5-18(2)21(16-17)24(30)22-23(19-6-8-20(27)9-7-19)29(26(32)25(22)31)11-3-10-28-12-14-33-15-13-28/h4-9,16,23,30H,3,10-15H2,1-2H3/t23-/m0/s1. The van der Waals surface area contributed by atoms with Crippen LogP contribution in [0, 0.1) is 19.7 Å². The van der Waals surface area contributed by atoms with Crippen LogP contribution in [0.4, 0.5) is 4.39 Å². The Morgan fingerprint density at radius 1 is 1.06 bits per heavy atom. The molecule has 1 atom stereocenters. The van der Waals surface area contributed by atoms with E-state index in [0.29, 0.717) is 37.3 Å². The molecule has 2 fully saturated rings. The lowest BCUT2D eigenvalue weighted by molar-refractivity contribution is -0.140. The van der Waals surface area contributed by atoms with E-state index in [4.69, 9.17) is 4.74 Å². The highest BCUT2D eigenvalue weighted by atomic mass is 19.1. The van der Waals surface area contributed by atoms with Gasteiger partial charge in [-0.1, -0.05) is 29.8 Å². The van der Waals surface area contributed by atoms with Crippen molar-refractivity contribution in [3.63, 3.8) is 0 Å². The molecule has 7 heteroatoms. The molecule has 0 radical (unpaired) electrons. The maximum atomic E-state index is 13.6. The summed E-state index contributed by atoms with van der Waals surface area (Å²) in [5.41, 5.74) is 2.89. The average molecular weight is 453 g/mol. The molecule has 0 aliphatic carbocycles. The van der Waals surface area contributed by atoms with Crippen molar-refractivity contribution in [3.8, 4) is 0 Å². The zero-order valence-electron chi connectivity index (χ0n) is 19.0. The van der Waals surface area contributed by atoms with Crippen LogP contribution >= 0.6 is 0 Å². The number of hydrogen-bond donors (Lipinski definition) is 1. The van der Waals surface area contributed by atoms with Crippen LogP contribution in [-0.2, 0) is 14.3 Å². The van der Waals surface area contributed by atoms with Crippen LogP contribution in [0.1, 0.15) is 34.7 Å². The fourth-order valence-electron chi connectivity index (χ4n) is 4.53. The Kier molecular flexibility index (Phi) is 6.91. The Morgan fingerprint density at radius 3 is 2.45 bits per heavy atom. The fourth-order valence-corrected chi connectivity index (χ4v) is 4.53. The van der Waals surface area contributed by atoms with E-state index in [1.165, 1.54) is 17.0 Å². The number of carbonyl (C=O) groups excluding carboxylic acids is 2. The second-order valence-corrected chi connectivity index (χ2v) is 8.67. The van der Waals surface area contributed by atoms with E-state index in [0.717, 1.165) is 30.8 Å². The molecule has 2 aliphatic heterocycles. The number of rotatable bonds is 6. The molecule has 6 nitrogen and oxygen atoms in total. The van der Waals surface area contributed by atoms with E-state index in [1.54, 1.807) is 18.2 Å². The number of morpholine rings is 1. The average Bonchev–Trinajstić information content (AvgIpc) is 3.06. The molecular formula is C26H29FN2O4. The van der Waals surface area contributed by atoms with Gasteiger partial charge in [0.25, 0.3) is 11.7 Å². The normalized spacial score (nSPS) is 21.1. The van der Waals surface area contributed by atoms with Crippen LogP contribution in [0.25, 0.3) is 5.76 Å². The molecule has 2 aliphatic rings. The van der Waals surface area contributed by atoms with Gasteiger partial charge >= 0.3 is 0 Å². The highest BCUT2D eigenvalue weighted by molar-refractivity contribution is 6.46. The van der Waals surface area contributed by atoms with Crippen LogP contribution in [-0.4, -0.2) is 66.0 Å². The molecule has 0 aromatic heterocycles. The number of aliphatic hydroxyl groups is 1. The molecule has 1 amide bonds. The summed E-state index contributed by atoms with van der Waals surface area (Å²) in [6, 6.07) is 10.6. The number of Topliss-reactive ketones (excluding diaryl/α,β-unsaturated/α-hetero) is 1. The number of benzene rings is 2. The topological polar surface area (TPSA) is 70.1 Å². The quantitative estimate of drug-likeness (QED) is 0.412. The number of ketones is 1. The van der Waals surface area contributed by atoms with Crippen molar-refractivity contribution in [2.24, 2.45) is 0 Å². The van der Waals surface area contributed by atoms with E-state index in [9.17, 15) is 19.1 Å². The third-order valence-electron chi connectivity index (χ3n) is 6.35. The minimum atomic E-state index is -0.768. The number of nitrogens with zero attached hydrogens (tertiary/aromatic N) is 2. The van der Waals surface area contributed by atoms with Crippen molar-refractivity contribution in [2.75, 3.05) is 39.4 Å². The summed E-state index contributed by atoms with van der Waals surface area (Å²) in [7, 11) is 0. The van der Waals surface area contributed by atoms with Crippen molar-refractivity contribution in [1.29, 1.82) is 0 Å². The summed E-state index contributed by atoms with van der Waals surface area (Å²) >= 11 is 0. The first-order valence-corrected chi connectivity index (χ1v) is 11.3. The van der Waals surface area contributed by atoms with Gasteiger partial charge in [0, 0.05) is 31.7 Å². The molecule has 4 rings (SSSR count). The first-order chi connectivity index (χ1) is 15.9. The molecule has 2 heterocycles. The molecule has 2 saturated heterocycles. The zero-order valence-corrected chi connectivity index (χ0v) is 19.0. The molecule has 0 spiro atoms. The minimum Gasteiger partial charge on any atom is -0.507 e. The van der Waals surface area contributed by atoms with Gasteiger partial charge in [-0.2, -0.15) is 0 Å². The maximum absolute atomic E-state index is 13.6. The number of aliphatic hydroxyl groups excluding tert-OH is 1. The maximum Gasteiger partial charge on any atom is 0.295 e. The number of hydrogen-bond acceptors (Lipinski definition) is 5. The predicted molar refractivity (Wildman–Crippen MR) is 123 cm³/mol. The summed E-state index contributed by atoms with van der Waals surface area (Å²) in [5.74, 6) is -1.95. The first-order valence-electron chi connectivity index (χ1n) is 11.3. The van der Waals surface area contributed by atoms with Crippen LogP contribution in [0.15, 0.2) is 48.0 Å². The molecule has 33 heavy (non-hydrogen) atoms. The van der Waals surface area contributed by atoms with Crippen LogP contribution in [0.5, 0.6) is 0 Å². The molecule has 174 valence electrons. The highest BCUT2D eigenvalue weighted by Gasteiger charge is 2.46. The van der Waals surface area contributed by atoms with Gasteiger partial charge in [0.1, 0.15) is 11.6 Å². The largest absolute Gasteiger partial charge is 0.507 e. The second-order valence-electron chi connectivity index (χ2n) is 8.67. The van der Waals surface area contributed by atoms with E-state index >= 15 is 0 Å². The Balaban J connectivity index is 1.70. The zero-order chi connectivity index (χ0) is 23.5. The smallest absolute Gasteiger partial charge is 0.295 e. The van der Waals surface area contributed by atoms with Gasteiger partial charge < -0.3 is 14.7 Å². The molecule has 0 saturated carbocycles. The first kappa shape index (κ1) is 23.1. The van der Waals surface area contributed by atoms with E-state index < -0.39 is 23.5 Å². The lowest BCUT2D eigenvalue weighted by atomic mass is 9.93. The predicted octanol–water partition coefficient (Wildman–Crippen LogP) is 3.59. The number of carbonyl (C=O) groups is 2. The van der Waals surface area contributed by atoms with Crippen molar-refractivity contribution in [2.45, 2.75) is 26.3 Å². The molecule has 0 bridgehead atoms. The van der Waals surface area contributed by atoms with Crippen molar-refractivity contribution < 1.29 is 23.8 Å². The van der Waals surface area contributed by atoms with Crippen LogP contribution in [0.3, 0.4) is 0 Å². The molecule has 0 unspecified atom stereocenters. The van der Waals surface area contributed by atoms with Crippen LogP contribution < -0.4 is 0 Å². The van der Waals surface area contributed by atoms with Gasteiger partial charge in [-0.05, 0) is 49.6 Å².